The van der Waals surface area contributed by atoms with Crippen molar-refractivity contribution in [3.63, 3.8) is 0 Å². The molecule has 8 nitrogen and oxygen atoms in total. The Morgan fingerprint density at radius 3 is 2.23 bits per heavy atom. The maximum Gasteiger partial charge on any atom is 0.328 e. The lowest BCUT2D eigenvalue weighted by molar-refractivity contribution is -0.145. The molecule has 2 N–H and O–H groups in total. The Morgan fingerprint density at radius 1 is 1.04 bits per heavy atom. The van der Waals surface area contributed by atoms with Gasteiger partial charge in [-0.3, -0.25) is 9.59 Å². The molecule has 0 aliphatic carbocycles. The van der Waals surface area contributed by atoms with Crippen LogP contribution in [0.2, 0.25) is 0 Å². The molecule has 0 spiro atoms. The van der Waals surface area contributed by atoms with Gasteiger partial charge in [-0.15, -0.1) is 0 Å². The number of amides is 2. The highest BCUT2D eigenvalue weighted by molar-refractivity contribution is 5.97. The Labute approximate surface area is 153 Å². The fourth-order valence-electron chi connectivity index (χ4n) is 2.31. The molecule has 0 fully saturated rings. The maximum absolute atomic E-state index is 12.2. The van der Waals surface area contributed by atoms with Crippen LogP contribution in [-0.2, 0) is 14.3 Å². The van der Waals surface area contributed by atoms with E-state index in [2.05, 4.69) is 15.4 Å². The summed E-state index contributed by atoms with van der Waals surface area (Å²) >= 11 is 0. The van der Waals surface area contributed by atoms with Crippen molar-refractivity contribution < 1.29 is 28.6 Å². The SMILES string of the molecule is COC(=O)[C@@H](CC(C)C)NC(=O)CNC(=O)c1ccc(OC)c(OC)c1. The van der Waals surface area contributed by atoms with Crippen LogP contribution in [0.3, 0.4) is 0 Å². The van der Waals surface area contributed by atoms with E-state index in [4.69, 9.17) is 9.47 Å². The number of carbonyl (C=O) groups is 3. The third kappa shape index (κ3) is 6.27. The first-order valence-electron chi connectivity index (χ1n) is 8.19. The van der Waals surface area contributed by atoms with Crippen LogP contribution in [0.15, 0.2) is 18.2 Å². The summed E-state index contributed by atoms with van der Waals surface area (Å²) in [5.74, 6) is -0.336. The third-order valence-corrected chi connectivity index (χ3v) is 3.58. The second-order valence-corrected chi connectivity index (χ2v) is 6.03. The smallest absolute Gasteiger partial charge is 0.328 e. The average molecular weight is 366 g/mol. The highest BCUT2D eigenvalue weighted by atomic mass is 16.5. The second kappa shape index (κ2) is 10.3. The quantitative estimate of drug-likeness (QED) is 0.635. The lowest BCUT2D eigenvalue weighted by atomic mass is 10.0. The van der Waals surface area contributed by atoms with E-state index in [1.165, 1.54) is 27.4 Å². The number of ether oxygens (including phenoxy) is 3. The van der Waals surface area contributed by atoms with E-state index in [0.717, 1.165) is 0 Å². The molecule has 1 aromatic carbocycles. The summed E-state index contributed by atoms with van der Waals surface area (Å²) in [6.07, 6.45) is 0.446. The van der Waals surface area contributed by atoms with Crippen LogP contribution in [0.5, 0.6) is 11.5 Å². The molecule has 144 valence electrons. The summed E-state index contributed by atoms with van der Waals surface area (Å²) in [6, 6.07) is 3.93. The summed E-state index contributed by atoms with van der Waals surface area (Å²) in [7, 11) is 4.23. The minimum Gasteiger partial charge on any atom is -0.493 e. The molecule has 8 heteroatoms. The van der Waals surface area contributed by atoms with E-state index < -0.39 is 23.8 Å². The number of esters is 1. The van der Waals surface area contributed by atoms with Crippen LogP contribution in [0.1, 0.15) is 30.6 Å². The summed E-state index contributed by atoms with van der Waals surface area (Å²) in [5, 5.41) is 5.08. The van der Waals surface area contributed by atoms with Gasteiger partial charge in [-0.1, -0.05) is 13.8 Å². The lowest BCUT2D eigenvalue weighted by Crippen LogP contribution is -2.46. The van der Waals surface area contributed by atoms with Gasteiger partial charge in [0, 0.05) is 5.56 Å². The van der Waals surface area contributed by atoms with Crippen LogP contribution in [0.4, 0.5) is 0 Å². The zero-order valence-electron chi connectivity index (χ0n) is 15.8. The van der Waals surface area contributed by atoms with Gasteiger partial charge < -0.3 is 24.8 Å². The van der Waals surface area contributed by atoms with Crippen molar-refractivity contribution in [2.75, 3.05) is 27.9 Å². The number of nitrogens with one attached hydrogen (secondary N) is 2. The Kier molecular flexibility index (Phi) is 8.41. The second-order valence-electron chi connectivity index (χ2n) is 6.03. The molecule has 0 heterocycles. The number of hydrogen-bond donors (Lipinski definition) is 2. The Bertz CT molecular complexity index is 645. The molecular formula is C18H26N2O6. The first kappa shape index (κ1) is 21.3. The molecule has 2 amide bonds. The minimum absolute atomic E-state index is 0.195. The van der Waals surface area contributed by atoms with Crippen LogP contribution < -0.4 is 20.1 Å². The molecule has 1 rings (SSSR count). The fraction of sp³-hybridized carbons (Fsp3) is 0.500. The van der Waals surface area contributed by atoms with E-state index in [9.17, 15) is 14.4 Å². The van der Waals surface area contributed by atoms with Crippen molar-refractivity contribution in [1.82, 2.24) is 10.6 Å². The monoisotopic (exact) mass is 366 g/mol. The van der Waals surface area contributed by atoms with Crippen molar-refractivity contribution in [1.29, 1.82) is 0 Å². The molecule has 0 aliphatic rings. The first-order chi connectivity index (χ1) is 12.3. The third-order valence-electron chi connectivity index (χ3n) is 3.58. The van der Waals surface area contributed by atoms with Crippen LogP contribution in [0.25, 0.3) is 0 Å². The number of benzene rings is 1. The van der Waals surface area contributed by atoms with Gasteiger partial charge >= 0.3 is 5.97 Å². The number of rotatable bonds is 9. The van der Waals surface area contributed by atoms with E-state index in [1.807, 2.05) is 13.8 Å². The van der Waals surface area contributed by atoms with Gasteiger partial charge in [0.2, 0.25) is 5.91 Å². The maximum atomic E-state index is 12.2. The Hall–Kier alpha value is -2.77. The molecule has 0 saturated heterocycles. The van der Waals surface area contributed by atoms with Crippen molar-refractivity contribution in [2.45, 2.75) is 26.3 Å². The van der Waals surface area contributed by atoms with Crippen molar-refractivity contribution in [3.8, 4) is 11.5 Å². The van der Waals surface area contributed by atoms with Gasteiger partial charge in [-0.2, -0.15) is 0 Å². The first-order valence-corrected chi connectivity index (χ1v) is 8.19. The zero-order valence-corrected chi connectivity index (χ0v) is 15.8. The van der Waals surface area contributed by atoms with E-state index in [1.54, 1.807) is 12.1 Å². The molecule has 26 heavy (non-hydrogen) atoms. The number of carbonyl (C=O) groups excluding carboxylic acids is 3. The standard InChI is InChI=1S/C18H26N2O6/c1-11(2)8-13(18(23)26-5)20-16(21)10-19-17(22)12-6-7-14(24-3)15(9-12)25-4/h6-7,9,11,13H,8,10H2,1-5H3,(H,19,22)(H,20,21)/t13-/m1/s1. The van der Waals surface area contributed by atoms with E-state index in [-0.39, 0.29) is 12.5 Å². The number of methoxy groups -OCH3 is 3. The normalized spacial score (nSPS) is 11.5. The molecule has 0 bridgehead atoms. The van der Waals surface area contributed by atoms with Crippen LogP contribution in [-0.4, -0.2) is 51.7 Å². The van der Waals surface area contributed by atoms with Gasteiger partial charge in [0.15, 0.2) is 11.5 Å². The highest BCUT2D eigenvalue weighted by Crippen LogP contribution is 2.27. The van der Waals surface area contributed by atoms with Gasteiger partial charge in [0.05, 0.1) is 27.9 Å². The average Bonchev–Trinajstić information content (AvgIpc) is 2.63. The Balaban J connectivity index is 2.65. The molecule has 0 aliphatic heterocycles. The molecular weight excluding hydrogens is 340 g/mol. The summed E-state index contributed by atoms with van der Waals surface area (Å²) in [4.78, 5) is 36.0. The molecule has 0 saturated carbocycles. The molecule has 0 aromatic heterocycles. The van der Waals surface area contributed by atoms with Crippen LogP contribution >= 0.6 is 0 Å². The zero-order chi connectivity index (χ0) is 19.7. The van der Waals surface area contributed by atoms with E-state index in [0.29, 0.717) is 23.5 Å². The van der Waals surface area contributed by atoms with Gasteiger partial charge in [-0.25, -0.2) is 4.79 Å². The van der Waals surface area contributed by atoms with Gasteiger partial charge in [0.25, 0.3) is 5.91 Å². The van der Waals surface area contributed by atoms with E-state index >= 15 is 0 Å². The predicted octanol–water partition coefficient (Wildman–Crippen LogP) is 1.14. The van der Waals surface area contributed by atoms with Crippen molar-refractivity contribution >= 4 is 17.8 Å². The molecule has 0 unspecified atom stereocenters. The van der Waals surface area contributed by atoms with Crippen molar-refractivity contribution in [2.24, 2.45) is 5.92 Å². The fourth-order valence-corrected chi connectivity index (χ4v) is 2.31. The summed E-state index contributed by atoms with van der Waals surface area (Å²) < 4.78 is 14.9. The minimum atomic E-state index is -0.745. The Morgan fingerprint density at radius 2 is 1.69 bits per heavy atom. The molecule has 1 atom stereocenters. The summed E-state index contributed by atoms with van der Waals surface area (Å²) in [5.41, 5.74) is 0.321. The summed E-state index contributed by atoms with van der Waals surface area (Å²) in [6.45, 7) is 3.60. The predicted molar refractivity (Wildman–Crippen MR) is 95.3 cm³/mol. The number of hydrogen-bond acceptors (Lipinski definition) is 6. The topological polar surface area (TPSA) is 103 Å². The largest absolute Gasteiger partial charge is 0.493 e. The van der Waals surface area contributed by atoms with Crippen molar-refractivity contribution in [3.05, 3.63) is 23.8 Å². The van der Waals surface area contributed by atoms with Gasteiger partial charge in [0.1, 0.15) is 6.04 Å². The molecule has 1 aromatic rings. The van der Waals surface area contributed by atoms with Crippen LogP contribution in [0, 0.1) is 5.92 Å². The van der Waals surface area contributed by atoms with Gasteiger partial charge in [-0.05, 0) is 30.5 Å². The molecule has 0 radical (unpaired) electrons. The lowest BCUT2D eigenvalue weighted by Gasteiger charge is -2.18. The highest BCUT2D eigenvalue weighted by Gasteiger charge is 2.22.